The maximum atomic E-state index is 6.10. The van der Waals surface area contributed by atoms with Gasteiger partial charge in [0, 0.05) is 14.2 Å². The molecule has 108 valence electrons. The van der Waals surface area contributed by atoms with Gasteiger partial charge in [0.05, 0.1) is 19.3 Å². The molecule has 0 amide bonds. The molecule has 0 saturated carbocycles. The van der Waals surface area contributed by atoms with Crippen LogP contribution in [0.4, 0.5) is 0 Å². The Morgan fingerprint density at radius 2 is 1.58 bits per heavy atom. The fourth-order valence-corrected chi connectivity index (χ4v) is 1.82. The molecule has 5 heteroatoms. The van der Waals surface area contributed by atoms with Crippen LogP contribution in [0.2, 0.25) is 0 Å². The van der Waals surface area contributed by atoms with Crippen molar-refractivity contribution in [1.82, 2.24) is 0 Å². The number of methoxy groups -OCH3 is 2. The van der Waals surface area contributed by atoms with Crippen LogP contribution in [0.1, 0.15) is 25.5 Å². The third-order valence-electron chi connectivity index (χ3n) is 2.71. The number of hydrogen-bond donors (Lipinski definition) is 1. The van der Waals surface area contributed by atoms with Gasteiger partial charge in [-0.25, -0.2) is 0 Å². The second-order valence-corrected chi connectivity index (χ2v) is 3.94. The molecule has 0 aliphatic heterocycles. The maximum Gasteiger partial charge on any atom is 0.176 e. The SMILES string of the molecule is CCOc1ccc(C(N)C(OC)OC)cc1OCC. The van der Waals surface area contributed by atoms with Crippen molar-refractivity contribution < 1.29 is 18.9 Å². The normalized spacial score (nSPS) is 12.5. The smallest absolute Gasteiger partial charge is 0.176 e. The van der Waals surface area contributed by atoms with E-state index in [1.165, 1.54) is 0 Å². The first-order valence-corrected chi connectivity index (χ1v) is 6.38. The summed E-state index contributed by atoms with van der Waals surface area (Å²) in [5.74, 6) is 1.40. The molecule has 0 fully saturated rings. The number of nitrogens with two attached hydrogens (primary N) is 1. The van der Waals surface area contributed by atoms with E-state index in [-0.39, 0.29) is 6.04 Å². The van der Waals surface area contributed by atoms with E-state index in [0.29, 0.717) is 24.7 Å². The van der Waals surface area contributed by atoms with Crippen molar-refractivity contribution >= 4 is 0 Å². The van der Waals surface area contributed by atoms with Crippen molar-refractivity contribution in [3.8, 4) is 11.5 Å². The van der Waals surface area contributed by atoms with Gasteiger partial charge in [0.2, 0.25) is 0 Å². The molecule has 0 heterocycles. The fraction of sp³-hybridized carbons (Fsp3) is 0.571. The third-order valence-corrected chi connectivity index (χ3v) is 2.71. The van der Waals surface area contributed by atoms with E-state index < -0.39 is 6.29 Å². The molecular formula is C14H23NO4. The highest BCUT2D eigenvalue weighted by molar-refractivity contribution is 5.44. The number of hydrogen-bond acceptors (Lipinski definition) is 5. The van der Waals surface area contributed by atoms with E-state index in [1.54, 1.807) is 14.2 Å². The molecule has 1 rings (SSSR count). The van der Waals surface area contributed by atoms with Gasteiger partial charge in [-0.05, 0) is 31.5 Å². The first-order valence-electron chi connectivity index (χ1n) is 6.38. The quantitative estimate of drug-likeness (QED) is 0.732. The molecule has 1 aromatic rings. The van der Waals surface area contributed by atoms with Crippen molar-refractivity contribution in [2.24, 2.45) is 5.73 Å². The van der Waals surface area contributed by atoms with Crippen LogP contribution in [0, 0.1) is 0 Å². The largest absolute Gasteiger partial charge is 0.490 e. The summed E-state index contributed by atoms with van der Waals surface area (Å²) in [6.07, 6.45) is -0.493. The lowest BCUT2D eigenvalue weighted by atomic mass is 10.1. The van der Waals surface area contributed by atoms with E-state index in [9.17, 15) is 0 Å². The Morgan fingerprint density at radius 3 is 2.11 bits per heavy atom. The van der Waals surface area contributed by atoms with Crippen molar-refractivity contribution in [3.63, 3.8) is 0 Å². The van der Waals surface area contributed by atoms with E-state index >= 15 is 0 Å². The van der Waals surface area contributed by atoms with Crippen molar-refractivity contribution in [1.29, 1.82) is 0 Å². The molecular weight excluding hydrogens is 246 g/mol. The number of benzene rings is 1. The molecule has 0 saturated heterocycles. The molecule has 0 spiro atoms. The number of ether oxygens (including phenoxy) is 4. The zero-order chi connectivity index (χ0) is 14.3. The van der Waals surface area contributed by atoms with Gasteiger partial charge >= 0.3 is 0 Å². The summed E-state index contributed by atoms with van der Waals surface area (Å²) in [5.41, 5.74) is 6.98. The van der Waals surface area contributed by atoms with Crippen LogP contribution in [0.5, 0.6) is 11.5 Å². The second-order valence-electron chi connectivity index (χ2n) is 3.94. The van der Waals surface area contributed by atoms with E-state index in [4.69, 9.17) is 24.7 Å². The summed E-state index contributed by atoms with van der Waals surface area (Å²) in [7, 11) is 3.12. The Labute approximate surface area is 114 Å². The molecule has 0 aromatic heterocycles. The summed E-state index contributed by atoms with van der Waals surface area (Å²) >= 11 is 0. The summed E-state index contributed by atoms with van der Waals surface area (Å²) in [6.45, 7) is 5.01. The van der Waals surface area contributed by atoms with Crippen molar-refractivity contribution in [2.75, 3.05) is 27.4 Å². The van der Waals surface area contributed by atoms with E-state index in [1.807, 2.05) is 32.0 Å². The highest BCUT2D eigenvalue weighted by Crippen LogP contribution is 2.31. The van der Waals surface area contributed by atoms with E-state index in [2.05, 4.69) is 0 Å². The van der Waals surface area contributed by atoms with Crippen LogP contribution < -0.4 is 15.2 Å². The molecule has 0 aliphatic carbocycles. The van der Waals surface area contributed by atoms with Gasteiger partial charge in [-0.2, -0.15) is 0 Å². The molecule has 2 N–H and O–H groups in total. The monoisotopic (exact) mass is 269 g/mol. The minimum Gasteiger partial charge on any atom is -0.490 e. The molecule has 1 atom stereocenters. The average Bonchev–Trinajstić information content (AvgIpc) is 2.42. The Balaban J connectivity index is 2.99. The van der Waals surface area contributed by atoms with Gasteiger partial charge in [-0.15, -0.1) is 0 Å². The Hall–Kier alpha value is -1.30. The van der Waals surface area contributed by atoms with Crippen LogP contribution >= 0.6 is 0 Å². The van der Waals surface area contributed by atoms with E-state index in [0.717, 1.165) is 5.56 Å². The average molecular weight is 269 g/mol. The van der Waals surface area contributed by atoms with Gasteiger partial charge in [0.15, 0.2) is 17.8 Å². The van der Waals surface area contributed by atoms with Crippen LogP contribution in [-0.2, 0) is 9.47 Å². The molecule has 5 nitrogen and oxygen atoms in total. The van der Waals surface area contributed by atoms with Gasteiger partial charge in [0.1, 0.15) is 0 Å². The lowest BCUT2D eigenvalue weighted by molar-refractivity contribution is -0.117. The summed E-state index contributed by atoms with van der Waals surface area (Å²) in [4.78, 5) is 0. The predicted molar refractivity (Wildman–Crippen MR) is 73.5 cm³/mol. The van der Waals surface area contributed by atoms with Crippen LogP contribution in [0.15, 0.2) is 18.2 Å². The molecule has 1 aromatic carbocycles. The predicted octanol–water partition coefficient (Wildman–Crippen LogP) is 2.10. The van der Waals surface area contributed by atoms with Crippen molar-refractivity contribution in [3.05, 3.63) is 23.8 Å². The molecule has 0 bridgehead atoms. The first kappa shape index (κ1) is 15.8. The Bertz CT molecular complexity index is 380. The van der Waals surface area contributed by atoms with Gasteiger partial charge in [-0.3, -0.25) is 0 Å². The standard InChI is InChI=1S/C14H23NO4/c1-5-18-11-8-7-10(9-12(11)19-6-2)13(15)14(16-3)17-4/h7-9,13-14H,5-6,15H2,1-4H3. The lowest BCUT2D eigenvalue weighted by Gasteiger charge is -2.22. The van der Waals surface area contributed by atoms with Crippen molar-refractivity contribution in [2.45, 2.75) is 26.2 Å². The minimum absolute atomic E-state index is 0.384. The zero-order valence-electron chi connectivity index (χ0n) is 12.0. The summed E-state index contributed by atoms with van der Waals surface area (Å²) < 4.78 is 21.4. The lowest BCUT2D eigenvalue weighted by Crippen LogP contribution is -2.29. The number of rotatable bonds is 8. The molecule has 0 radical (unpaired) electrons. The van der Waals surface area contributed by atoms with Gasteiger partial charge in [0.25, 0.3) is 0 Å². The summed E-state index contributed by atoms with van der Waals surface area (Å²) in [5, 5.41) is 0. The van der Waals surface area contributed by atoms with Gasteiger partial charge < -0.3 is 24.7 Å². The second kappa shape index (κ2) is 7.99. The molecule has 0 aliphatic rings. The Morgan fingerprint density at radius 1 is 1.00 bits per heavy atom. The van der Waals surface area contributed by atoms with Crippen LogP contribution in [-0.4, -0.2) is 33.7 Å². The first-order chi connectivity index (χ1) is 9.17. The van der Waals surface area contributed by atoms with Crippen LogP contribution in [0.25, 0.3) is 0 Å². The fourth-order valence-electron chi connectivity index (χ4n) is 1.82. The Kier molecular flexibility index (Phi) is 6.62. The highest BCUT2D eigenvalue weighted by Gasteiger charge is 2.20. The molecule has 19 heavy (non-hydrogen) atoms. The topological polar surface area (TPSA) is 62.9 Å². The minimum atomic E-state index is -0.493. The van der Waals surface area contributed by atoms with Crippen LogP contribution in [0.3, 0.4) is 0 Å². The third kappa shape index (κ3) is 4.09. The molecule has 1 unspecified atom stereocenters. The summed E-state index contributed by atoms with van der Waals surface area (Å²) in [6, 6.07) is 5.23. The van der Waals surface area contributed by atoms with Gasteiger partial charge in [-0.1, -0.05) is 6.07 Å². The maximum absolute atomic E-state index is 6.10. The highest BCUT2D eigenvalue weighted by atomic mass is 16.7. The zero-order valence-corrected chi connectivity index (χ0v) is 12.0.